The molecule has 0 saturated carbocycles. The minimum atomic E-state index is -0.518. The highest BCUT2D eigenvalue weighted by atomic mass is 19.1. The Kier molecular flexibility index (Phi) is 3.80. The fourth-order valence-corrected chi connectivity index (χ4v) is 1.68. The number of benzene rings is 2. The van der Waals surface area contributed by atoms with E-state index in [4.69, 9.17) is 5.73 Å². The second-order valence-electron chi connectivity index (χ2n) is 4.40. The average molecular weight is 258 g/mol. The zero-order valence-corrected chi connectivity index (χ0v) is 10.6. The Hall–Kier alpha value is -2.36. The number of amides is 1. The third-order valence-electron chi connectivity index (χ3n) is 2.83. The SMILES string of the molecule is Cc1ccc(CNC(=O)c2ccc(F)c(N)c2)cc1. The summed E-state index contributed by atoms with van der Waals surface area (Å²) in [5.74, 6) is -0.789. The number of nitrogens with one attached hydrogen (secondary N) is 1. The zero-order valence-electron chi connectivity index (χ0n) is 10.6. The lowest BCUT2D eigenvalue weighted by Gasteiger charge is -2.06. The van der Waals surface area contributed by atoms with Gasteiger partial charge in [0, 0.05) is 12.1 Å². The van der Waals surface area contributed by atoms with Gasteiger partial charge in [-0.2, -0.15) is 0 Å². The minimum absolute atomic E-state index is 0.0250. The van der Waals surface area contributed by atoms with Crippen molar-refractivity contribution in [1.29, 1.82) is 0 Å². The third kappa shape index (κ3) is 3.31. The van der Waals surface area contributed by atoms with E-state index in [1.807, 2.05) is 31.2 Å². The average Bonchev–Trinajstić information content (AvgIpc) is 2.41. The van der Waals surface area contributed by atoms with Crippen molar-refractivity contribution in [2.45, 2.75) is 13.5 Å². The Balaban J connectivity index is 2.01. The number of hydrogen-bond acceptors (Lipinski definition) is 2. The lowest BCUT2D eigenvalue weighted by Crippen LogP contribution is -2.22. The molecule has 2 aromatic rings. The number of nitrogen functional groups attached to an aromatic ring is 1. The molecule has 0 spiro atoms. The van der Waals surface area contributed by atoms with Gasteiger partial charge in [-0.25, -0.2) is 4.39 Å². The lowest BCUT2D eigenvalue weighted by molar-refractivity contribution is 0.0951. The van der Waals surface area contributed by atoms with Gasteiger partial charge in [-0.3, -0.25) is 4.79 Å². The van der Waals surface area contributed by atoms with E-state index < -0.39 is 5.82 Å². The molecule has 3 N–H and O–H groups in total. The first-order valence-electron chi connectivity index (χ1n) is 5.95. The zero-order chi connectivity index (χ0) is 13.8. The van der Waals surface area contributed by atoms with Crippen molar-refractivity contribution < 1.29 is 9.18 Å². The number of halogens is 1. The molecule has 0 atom stereocenters. The molecule has 3 nitrogen and oxygen atoms in total. The van der Waals surface area contributed by atoms with Crippen molar-refractivity contribution >= 4 is 11.6 Å². The number of anilines is 1. The van der Waals surface area contributed by atoms with Crippen LogP contribution in [0.5, 0.6) is 0 Å². The van der Waals surface area contributed by atoms with Gasteiger partial charge in [-0.15, -0.1) is 0 Å². The van der Waals surface area contributed by atoms with Crippen LogP contribution in [0.25, 0.3) is 0 Å². The summed E-state index contributed by atoms with van der Waals surface area (Å²) in [5.41, 5.74) is 7.93. The molecule has 0 unspecified atom stereocenters. The maximum Gasteiger partial charge on any atom is 0.251 e. The van der Waals surface area contributed by atoms with Crippen LogP contribution in [0.3, 0.4) is 0 Å². The van der Waals surface area contributed by atoms with Crippen LogP contribution in [0.4, 0.5) is 10.1 Å². The number of carbonyl (C=O) groups is 1. The maximum atomic E-state index is 13.0. The van der Waals surface area contributed by atoms with E-state index in [0.717, 1.165) is 5.56 Å². The van der Waals surface area contributed by atoms with Gasteiger partial charge in [0.1, 0.15) is 5.82 Å². The molecule has 0 aliphatic rings. The number of nitrogens with two attached hydrogens (primary N) is 1. The quantitative estimate of drug-likeness (QED) is 0.831. The highest BCUT2D eigenvalue weighted by Gasteiger charge is 2.07. The van der Waals surface area contributed by atoms with E-state index in [-0.39, 0.29) is 11.6 Å². The van der Waals surface area contributed by atoms with Crippen LogP contribution in [-0.4, -0.2) is 5.91 Å². The summed E-state index contributed by atoms with van der Waals surface area (Å²) in [6.45, 7) is 2.43. The predicted molar refractivity (Wildman–Crippen MR) is 73.2 cm³/mol. The van der Waals surface area contributed by atoms with E-state index in [1.54, 1.807) is 0 Å². The van der Waals surface area contributed by atoms with Crippen molar-refractivity contribution in [3.63, 3.8) is 0 Å². The molecule has 2 aromatic carbocycles. The van der Waals surface area contributed by atoms with E-state index in [1.165, 1.54) is 23.8 Å². The van der Waals surface area contributed by atoms with Gasteiger partial charge in [-0.1, -0.05) is 29.8 Å². The smallest absolute Gasteiger partial charge is 0.251 e. The molecule has 0 fully saturated rings. The van der Waals surface area contributed by atoms with Crippen LogP contribution >= 0.6 is 0 Å². The summed E-state index contributed by atoms with van der Waals surface area (Å²) >= 11 is 0. The van der Waals surface area contributed by atoms with E-state index in [9.17, 15) is 9.18 Å². The van der Waals surface area contributed by atoms with Gasteiger partial charge in [0.15, 0.2) is 0 Å². The van der Waals surface area contributed by atoms with Gasteiger partial charge in [-0.05, 0) is 30.7 Å². The Morgan fingerprint density at radius 3 is 2.53 bits per heavy atom. The van der Waals surface area contributed by atoms with Gasteiger partial charge < -0.3 is 11.1 Å². The monoisotopic (exact) mass is 258 g/mol. The predicted octanol–water partition coefficient (Wildman–Crippen LogP) is 2.65. The van der Waals surface area contributed by atoms with E-state index in [0.29, 0.717) is 12.1 Å². The first-order valence-corrected chi connectivity index (χ1v) is 5.95. The summed E-state index contributed by atoms with van der Waals surface area (Å²) < 4.78 is 13.0. The second-order valence-corrected chi connectivity index (χ2v) is 4.40. The number of carbonyl (C=O) groups excluding carboxylic acids is 1. The van der Waals surface area contributed by atoms with Crippen LogP contribution in [0, 0.1) is 12.7 Å². The molecule has 0 saturated heterocycles. The van der Waals surface area contributed by atoms with Crippen molar-refractivity contribution in [3.05, 3.63) is 65.0 Å². The van der Waals surface area contributed by atoms with Crippen LogP contribution in [0.15, 0.2) is 42.5 Å². The molecule has 0 aliphatic heterocycles. The Morgan fingerprint density at radius 1 is 1.21 bits per heavy atom. The van der Waals surface area contributed by atoms with Gasteiger partial charge in [0.05, 0.1) is 5.69 Å². The lowest BCUT2D eigenvalue weighted by atomic mass is 10.1. The molecule has 0 radical (unpaired) electrons. The maximum absolute atomic E-state index is 13.0. The third-order valence-corrected chi connectivity index (χ3v) is 2.83. The Bertz CT molecular complexity index is 594. The Labute approximate surface area is 111 Å². The summed E-state index contributed by atoms with van der Waals surface area (Å²) in [5, 5.41) is 2.76. The first kappa shape index (κ1) is 13.1. The highest BCUT2D eigenvalue weighted by molar-refractivity contribution is 5.94. The summed E-state index contributed by atoms with van der Waals surface area (Å²) in [7, 11) is 0. The first-order chi connectivity index (χ1) is 9.06. The van der Waals surface area contributed by atoms with Crippen LogP contribution in [0.1, 0.15) is 21.5 Å². The number of aryl methyl sites for hydroxylation is 1. The summed E-state index contributed by atoms with van der Waals surface area (Å²) in [6, 6.07) is 11.8. The van der Waals surface area contributed by atoms with E-state index in [2.05, 4.69) is 5.32 Å². The highest BCUT2D eigenvalue weighted by Crippen LogP contribution is 2.12. The summed E-state index contributed by atoms with van der Waals surface area (Å²) in [6.07, 6.45) is 0. The van der Waals surface area contributed by atoms with Gasteiger partial charge in [0.25, 0.3) is 5.91 Å². The van der Waals surface area contributed by atoms with Crippen molar-refractivity contribution in [2.24, 2.45) is 0 Å². The molecule has 0 bridgehead atoms. The van der Waals surface area contributed by atoms with Crippen LogP contribution in [-0.2, 0) is 6.54 Å². The molecule has 0 aromatic heterocycles. The summed E-state index contributed by atoms with van der Waals surface area (Å²) in [4.78, 5) is 11.9. The topological polar surface area (TPSA) is 55.1 Å². The molecule has 4 heteroatoms. The number of hydrogen-bond donors (Lipinski definition) is 2. The van der Waals surface area contributed by atoms with Gasteiger partial charge >= 0.3 is 0 Å². The van der Waals surface area contributed by atoms with Gasteiger partial charge in [0.2, 0.25) is 0 Å². The molecule has 0 aliphatic carbocycles. The minimum Gasteiger partial charge on any atom is -0.396 e. The molecule has 0 heterocycles. The van der Waals surface area contributed by atoms with Crippen LogP contribution < -0.4 is 11.1 Å². The van der Waals surface area contributed by atoms with Crippen molar-refractivity contribution in [1.82, 2.24) is 5.32 Å². The molecule has 98 valence electrons. The molecular formula is C15H15FN2O. The van der Waals surface area contributed by atoms with Crippen molar-refractivity contribution in [3.8, 4) is 0 Å². The second kappa shape index (κ2) is 5.52. The normalized spacial score (nSPS) is 10.2. The number of rotatable bonds is 3. The van der Waals surface area contributed by atoms with Crippen molar-refractivity contribution in [2.75, 3.05) is 5.73 Å². The molecule has 2 rings (SSSR count). The molecular weight excluding hydrogens is 243 g/mol. The Morgan fingerprint density at radius 2 is 1.89 bits per heavy atom. The standard InChI is InChI=1S/C15H15FN2O/c1-10-2-4-11(5-3-10)9-18-15(19)12-6-7-13(16)14(17)8-12/h2-8H,9,17H2,1H3,(H,18,19). The molecule has 1 amide bonds. The molecule has 19 heavy (non-hydrogen) atoms. The fraction of sp³-hybridized carbons (Fsp3) is 0.133. The fourth-order valence-electron chi connectivity index (χ4n) is 1.68. The van der Waals surface area contributed by atoms with E-state index >= 15 is 0 Å². The van der Waals surface area contributed by atoms with Crippen LogP contribution in [0.2, 0.25) is 0 Å². The largest absolute Gasteiger partial charge is 0.396 e.